The molecule has 156 valence electrons. The maximum Gasteiger partial charge on any atom is 0.203 e. The summed E-state index contributed by atoms with van der Waals surface area (Å²) in [7, 11) is 8.28. The van der Waals surface area contributed by atoms with E-state index < -0.39 is 0 Å². The van der Waals surface area contributed by atoms with E-state index in [9.17, 15) is 0 Å². The van der Waals surface area contributed by atoms with E-state index in [0.29, 0.717) is 34.8 Å². The van der Waals surface area contributed by atoms with Gasteiger partial charge in [0, 0.05) is 11.5 Å². The van der Waals surface area contributed by atoms with Crippen molar-refractivity contribution in [3.05, 3.63) is 41.0 Å². The fourth-order valence-electron chi connectivity index (χ4n) is 4.89. The van der Waals surface area contributed by atoms with Gasteiger partial charge in [0.25, 0.3) is 0 Å². The van der Waals surface area contributed by atoms with E-state index in [0.717, 1.165) is 36.5 Å². The quantitative estimate of drug-likeness (QED) is 0.737. The summed E-state index contributed by atoms with van der Waals surface area (Å²) in [5.41, 5.74) is 3.50. The molecule has 6 nitrogen and oxygen atoms in total. The molecular formula is C23H28O6. The SMILES string of the molecule is COc1ccc([C@@H]2c3c(cc(OC)c(OC)c3OC)C[C@@H]3COC[C@H]32)cc1OC. The molecule has 1 aliphatic carbocycles. The van der Waals surface area contributed by atoms with Gasteiger partial charge in [0.2, 0.25) is 5.75 Å². The van der Waals surface area contributed by atoms with E-state index in [1.165, 1.54) is 5.56 Å². The van der Waals surface area contributed by atoms with Crippen LogP contribution < -0.4 is 23.7 Å². The van der Waals surface area contributed by atoms with Crippen LogP contribution in [-0.4, -0.2) is 48.8 Å². The first kappa shape index (κ1) is 19.7. The third kappa shape index (κ3) is 3.15. The molecule has 0 radical (unpaired) electrons. The molecule has 1 saturated heterocycles. The van der Waals surface area contributed by atoms with Gasteiger partial charge in [-0.25, -0.2) is 0 Å². The average Bonchev–Trinajstić information content (AvgIpc) is 3.23. The number of methoxy groups -OCH3 is 5. The number of ether oxygens (including phenoxy) is 6. The van der Waals surface area contributed by atoms with Crippen LogP contribution in [0.25, 0.3) is 0 Å². The van der Waals surface area contributed by atoms with Crippen molar-refractivity contribution >= 4 is 0 Å². The van der Waals surface area contributed by atoms with Crippen molar-refractivity contribution < 1.29 is 28.4 Å². The standard InChI is InChI=1S/C23H28O6/c1-24-17-7-6-13(9-18(17)25-2)20-16-12-29-11-15(16)8-14-10-19(26-3)22(27-4)23(28-5)21(14)20/h6-7,9-10,15-16,20H,8,11-12H2,1-5H3/t15-,16-,20+/m1/s1. The van der Waals surface area contributed by atoms with Crippen LogP contribution in [0, 0.1) is 11.8 Å². The van der Waals surface area contributed by atoms with Crippen LogP contribution in [0.4, 0.5) is 0 Å². The fourth-order valence-corrected chi connectivity index (χ4v) is 4.89. The fraction of sp³-hybridized carbons (Fsp3) is 0.478. The number of rotatable bonds is 6. The van der Waals surface area contributed by atoms with Crippen molar-refractivity contribution in [2.45, 2.75) is 12.3 Å². The van der Waals surface area contributed by atoms with Crippen LogP contribution in [0.2, 0.25) is 0 Å². The zero-order valence-electron chi connectivity index (χ0n) is 17.6. The first-order chi connectivity index (χ1) is 14.2. The summed E-state index contributed by atoms with van der Waals surface area (Å²) in [6.07, 6.45) is 0.931. The largest absolute Gasteiger partial charge is 0.493 e. The molecule has 6 heteroatoms. The second-order valence-corrected chi connectivity index (χ2v) is 7.48. The maximum atomic E-state index is 5.90. The number of hydrogen-bond acceptors (Lipinski definition) is 6. The molecule has 1 heterocycles. The molecule has 0 unspecified atom stereocenters. The van der Waals surface area contributed by atoms with E-state index in [1.54, 1.807) is 35.5 Å². The average molecular weight is 400 g/mol. The van der Waals surface area contributed by atoms with Gasteiger partial charge in [0.1, 0.15) is 0 Å². The molecule has 2 aromatic carbocycles. The third-order valence-electron chi connectivity index (χ3n) is 6.19. The van der Waals surface area contributed by atoms with Crippen LogP contribution >= 0.6 is 0 Å². The molecule has 0 spiro atoms. The molecule has 2 aromatic rings. The Hall–Kier alpha value is -2.60. The van der Waals surface area contributed by atoms with E-state index in [4.69, 9.17) is 28.4 Å². The molecule has 2 aliphatic rings. The number of fused-ring (bicyclic) bond motifs is 2. The summed E-state index contributed by atoms with van der Waals surface area (Å²) in [5, 5.41) is 0. The monoisotopic (exact) mass is 400 g/mol. The molecule has 4 rings (SSSR count). The van der Waals surface area contributed by atoms with E-state index in [2.05, 4.69) is 18.2 Å². The number of benzene rings is 2. The summed E-state index contributed by atoms with van der Waals surface area (Å²) in [6, 6.07) is 8.20. The van der Waals surface area contributed by atoms with E-state index >= 15 is 0 Å². The van der Waals surface area contributed by atoms with Crippen molar-refractivity contribution in [2.24, 2.45) is 11.8 Å². The predicted octanol–water partition coefficient (Wildman–Crippen LogP) is 3.68. The Morgan fingerprint density at radius 1 is 0.759 bits per heavy atom. The Labute approximate surface area is 171 Å². The Morgan fingerprint density at radius 2 is 1.48 bits per heavy atom. The van der Waals surface area contributed by atoms with Crippen LogP contribution in [0.1, 0.15) is 22.6 Å². The smallest absolute Gasteiger partial charge is 0.203 e. The molecule has 0 amide bonds. The zero-order chi connectivity index (χ0) is 20.5. The highest BCUT2D eigenvalue weighted by Gasteiger charge is 2.44. The summed E-state index contributed by atoms with van der Waals surface area (Å²) < 4.78 is 34.1. The molecule has 29 heavy (non-hydrogen) atoms. The van der Waals surface area contributed by atoms with Crippen LogP contribution in [-0.2, 0) is 11.2 Å². The predicted molar refractivity (Wildman–Crippen MR) is 109 cm³/mol. The molecule has 1 fully saturated rings. The van der Waals surface area contributed by atoms with Gasteiger partial charge in [-0.2, -0.15) is 0 Å². The topological polar surface area (TPSA) is 55.4 Å². The summed E-state index contributed by atoms with van der Waals surface area (Å²) >= 11 is 0. The van der Waals surface area contributed by atoms with Gasteiger partial charge in [-0.3, -0.25) is 0 Å². The second kappa shape index (κ2) is 8.03. The lowest BCUT2D eigenvalue weighted by Crippen LogP contribution is -2.30. The van der Waals surface area contributed by atoms with E-state index in [1.807, 2.05) is 6.07 Å². The lowest BCUT2D eigenvalue weighted by atomic mass is 9.67. The Bertz CT molecular complexity index is 893. The lowest BCUT2D eigenvalue weighted by molar-refractivity contribution is 0.179. The van der Waals surface area contributed by atoms with Gasteiger partial charge in [-0.1, -0.05) is 6.07 Å². The van der Waals surface area contributed by atoms with Crippen molar-refractivity contribution in [1.29, 1.82) is 0 Å². The summed E-state index contributed by atoms with van der Waals surface area (Å²) in [4.78, 5) is 0. The molecule has 0 bridgehead atoms. The third-order valence-corrected chi connectivity index (χ3v) is 6.19. The molecule has 1 aliphatic heterocycles. The van der Waals surface area contributed by atoms with Crippen molar-refractivity contribution in [3.8, 4) is 28.7 Å². The molecular weight excluding hydrogens is 372 g/mol. The highest BCUT2D eigenvalue weighted by Crippen LogP contribution is 2.55. The van der Waals surface area contributed by atoms with Crippen molar-refractivity contribution in [2.75, 3.05) is 48.8 Å². The van der Waals surface area contributed by atoms with Crippen LogP contribution in [0.3, 0.4) is 0 Å². The molecule has 0 aromatic heterocycles. The number of hydrogen-bond donors (Lipinski definition) is 0. The minimum atomic E-state index is 0.0980. The highest BCUT2D eigenvalue weighted by molar-refractivity contribution is 5.63. The van der Waals surface area contributed by atoms with Gasteiger partial charge < -0.3 is 28.4 Å². The van der Waals surface area contributed by atoms with E-state index in [-0.39, 0.29) is 5.92 Å². The first-order valence-electron chi connectivity index (χ1n) is 9.78. The summed E-state index contributed by atoms with van der Waals surface area (Å²) in [5.74, 6) is 4.37. The van der Waals surface area contributed by atoms with Crippen LogP contribution in [0.5, 0.6) is 28.7 Å². The first-order valence-corrected chi connectivity index (χ1v) is 9.78. The summed E-state index contributed by atoms with van der Waals surface area (Å²) in [6.45, 7) is 1.49. The van der Waals surface area contributed by atoms with Crippen molar-refractivity contribution in [3.63, 3.8) is 0 Å². The normalized spacial score (nSPS) is 22.4. The second-order valence-electron chi connectivity index (χ2n) is 7.48. The Kier molecular flexibility index (Phi) is 5.46. The Balaban J connectivity index is 1.94. The van der Waals surface area contributed by atoms with Gasteiger partial charge in [0.05, 0.1) is 48.8 Å². The minimum Gasteiger partial charge on any atom is -0.493 e. The maximum absolute atomic E-state index is 5.90. The molecule has 0 saturated carbocycles. The Morgan fingerprint density at radius 3 is 2.14 bits per heavy atom. The minimum absolute atomic E-state index is 0.0980. The van der Waals surface area contributed by atoms with Crippen LogP contribution in [0.15, 0.2) is 24.3 Å². The van der Waals surface area contributed by atoms with Gasteiger partial charge >= 0.3 is 0 Å². The van der Waals surface area contributed by atoms with Gasteiger partial charge in [-0.15, -0.1) is 0 Å². The van der Waals surface area contributed by atoms with Crippen molar-refractivity contribution in [1.82, 2.24) is 0 Å². The van der Waals surface area contributed by atoms with Gasteiger partial charge in [-0.05, 0) is 47.6 Å². The molecule has 0 N–H and O–H groups in total. The molecule has 3 atom stereocenters. The lowest BCUT2D eigenvalue weighted by Gasteiger charge is -2.37. The zero-order valence-corrected chi connectivity index (χ0v) is 17.6. The van der Waals surface area contributed by atoms with Gasteiger partial charge in [0.15, 0.2) is 23.0 Å². The highest BCUT2D eigenvalue weighted by atomic mass is 16.5.